The number of nitrogens with two attached hydrogens (primary N) is 1. The number of hydrogen-bond donors (Lipinski definition) is 2. The minimum atomic E-state index is -0.949. The van der Waals surface area contributed by atoms with Crippen LogP contribution in [0.4, 0.5) is 26.2 Å². The van der Waals surface area contributed by atoms with Gasteiger partial charge in [0.25, 0.3) is 0 Å². The molecule has 2 heterocycles. The van der Waals surface area contributed by atoms with Crippen LogP contribution in [-0.2, 0) is 0 Å². The molecule has 2 aromatic heterocycles. The van der Waals surface area contributed by atoms with E-state index in [0.29, 0.717) is 11.6 Å². The Bertz CT molecular complexity index is 880. The molecule has 0 fully saturated rings. The van der Waals surface area contributed by atoms with Gasteiger partial charge >= 0.3 is 0 Å². The zero-order valence-electron chi connectivity index (χ0n) is 12.3. The molecule has 0 spiro atoms. The van der Waals surface area contributed by atoms with E-state index in [1.165, 1.54) is 18.2 Å². The molecule has 0 atom stereocenters. The van der Waals surface area contributed by atoms with Gasteiger partial charge in [0.05, 0.1) is 11.1 Å². The second-order valence-corrected chi connectivity index (χ2v) is 4.90. The number of rotatable bonds is 4. The number of aromatic nitrogens is 2. The molecule has 0 unspecified atom stereocenters. The molecule has 3 aromatic rings. The van der Waals surface area contributed by atoms with Gasteiger partial charge in [0.15, 0.2) is 0 Å². The van der Waals surface area contributed by atoms with Crippen LogP contribution < -0.4 is 11.1 Å². The molecule has 0 radical (unpaired) electrons. The standard InChI is InChI=1S/C17H12F2N4O/c18-11-4-3-5-12(19)15(11)16(24)10-7-8-14(23-17(10)20)22-13-6-1-2-9-21-13/h1-9H,(H3,20,21,22,23). The summed E-state index contributed by atoms with van der Waals surface area (Å²) in [4.78, 5) is 20.5. The normalized spacial score (nSPS) is 10.4. The van der Waals surface area contributed by atoms with Crippen molar-refractivity contribution in [2.45, 2.75) is 0 Å². The van der Waals surface area contributed by atoms with Crippen molar-refractivity contribution in [3.05, 3.63) is 77.5 Å². The minimum Gasteiger partial charge on any atom is -0.383 e. The van der Waals surface area contributed by atoms with Crippen LogP contribution in [0.5, 0.6) is 0 Å². The second kappa shape index (κ2) is 6.41. The smallest absolute Gasteiger partial charge is 0.202 e. The number of hydrogen-bond acceptors (Lipinski definition) is 5. The molecule has 1 aromatic carbocycles. The number of ketones is 1. The third-order valence-corrected chi connectivity index (χ3v) is 3.28. The van der Waals surface area contributed by atoms with E-state index in [1.54, 1.807) is 24.4 Å². The maximum absolute atomic E-state index is 13.7. The van der Waals surface area contributed by atoms with E-state index in [2.05, 4.69) is 15.3 Å². The highest BCUT2D eigenvalue weighted by molar-refractivity contribution is 6.12. The Morgan fingerprint density at radius 1 is 0.958 bits per heavy atom. The minimum absolute atomic E-state index is 0.0782. The molecule has 120 valence electrons. The van der Waals surface area contributed by atoms with Gasteiger partial charge in [-0.25, -0.2) is 18.7 Å². The first-order valence-corrected chi connectivity index (χ1v) is 6.99. The summed E-state index contributed by atoms with van der Waals surface area (Å²) in [6.45, 7) is 0. The van der Waals surface area contributed by atoms with Gasteiger partial charge in [-0.05, 0) is 36.4 Å². The van der Waals surface area contributed by atoms with Gasteiger partial charge in [-0.2, -0.15) is 0 Å². The van der Waals surface area contributed by atoms with Crippen molar-refractivity contribution in [2.24, 2.45) is 0 Å². The zero-order valence-corrected chi connectivity index (χ0v) is 12.3. The first-order chi connectivity index (χ1) is 11.6. The molecular weight excluding hydrogens is 314 g/mol. The average Bonchev–Trinajstić information content (AvgIpc) is 2.55. The molecule has 0 aliphatic carbocycles. The lowest BCUT2D eigenvalue weighted by molar-refractivity contribution is 0.103. The first-order valence-electron chi connectivity index (χ1n) is 6.99. The highest BCUT2D eigenvalue weighted by atomic mass is 19.1. The largest absolute Gasteiger partial charge is 0.383 e. The van der Waals surface area contributed by atoms with Gasteiger partial charge < -0.3 is 11.1 Å². The number of benzene rings is 1. The van der Waals surface area contributed by atoms with Crippen LogP contribution >= 0.6 is 0 Å². The molecule has 3 rings (SSSR count). The van der Waals surface area contributed by atoms with E-state index >= 15 is 0 Å². The number of nitrogen functional groups attached to an aromatic ring is 1. The molecule has 7 heteroatoms. The lowest BCUT2D eigenvalue weighted by Gasteiger charge is -2.09. The van der Waals surface area contributed by atoms with Gasteiger partial charge in [-0.1, -0.05) is 12.1 Å². The van der Waals surface area contributed by atoms with Crippen molar-refractivity contribution in [1.82, 2.24) is 9.97 Å². The lowest BCUT2D eigenvalue weighted by Crippen LogP contribution is -2.11. The van der Waals surface area contributed by atoms with Crippen LogP contribution in [0.25, 0.3) is 0 Å². The van der Waals surface area contributed by atoms with Gasteiger partial charge in [-0.15, -0.1) is 0 Å². The molecule has 0 aliphatic heterocycles. The predicted molar refractivity (Wildman–Crippen MR) is 86.0 cm³/mol. The van der Waals surface area contributed by atoms with Gasteiger partial charge in [0.2, 0.25) is 5.78 Å². The fraction of sp³-hybridized carbons (Fsp3) is 0. The summed E-state index contributed by atoms with van der Waals surface area (Å²) in [5, 5.41) is 2.91. The fourth-order valence-electron chi connectivity index (χ4n) is 2.15. The summed E-state index contributed by atoms with van der Waals surface area (Å²) < 4.78 is 27.5. The van der Waals surface area contributed by atoms with E-state index in [-0.39, 0.29) is 11.4 Å². The molecule has 0 bridgehead atoms. The number of carbonyl (C=O) groups is 1. The second-order valence-electron chi connectivity index (χ2n) is 4.90. The Labute approximate surface area is 136 Å². The van der Waals surface area contributed by atoms with Gasteiger partial charge in [0, 0.05) is 6.20 Å². The first kappa shape index (κ1) is 15.5. The number of pyridine rings is 2. The van der Waals surface area contributed by atoms with Crippen molar-refractivity contribution in [2.75, 3.05) is 11.1 Å². The van der Waals surface area contributed by atoms with Gasteiger partial charge in [-0.3, -0.25) is 4.79 Å². The average molecular weight is 326 g/mol. The van der Waals surface area contributed by atoms with Crippen molar-refractivity contribution < 1.29 is 13.6 Å². The summed E-state index contributed by atoms with van der Waals surface area (Å²) in [5.74, 6) is -1.99. The van der Waals surface area contributed by atoms with Crippen LogP contribution in [0.2, 0.25) is 0 Å². The number of anilines is 3. The van der Waals surface area contributed by atoms with Crippen LogP contribution in [0.3, 0.4) is 0 Å². The molecule has 0 aliphatic rings. The quantitative estimate of drug-likeness (QED) is 0.719. The fourth-order valence-corrected chi connectivity index (χ4v) is 2.15. The van der Waals surface area contributed by atoms with E-state index < -0.39 is 23.0 Å². The monoisotopic (exact) mass is 326 g/mol. The summed E-state index contributed by atoms with van der Waals surface area (Å²) in [5.41, 5.74) is 5.04. The Morgan fingerprint density at radius 2 is 1.71 bits per heavy atom. The Balaban J connectivity index is 1.91. The topological polar surface area (TPSA) is 80.9 Å². The summed E-state index contributed by atoms with van der Waals surface area (Å²) in [6, 6.07) is 11.3. The van der Waals surface area contributed by atoms with Crippen LogP contribution in [-0.4, -0.2) is 15.8 Å². The van der Waals surface area contributed by atoms with E-state index in [0.717, 1.165) is 12.1 Å². The van der Waals surface area contributed by atoms with E-state index in [1.807, 2.05) is 0 Å². The summed E-state index contributed by atoms with van der Waals surface area (Å²) >= 11 is 0. The van der Waals surface area contributed by atoms with Crippen molar-refractivity contribution in [3.8, 4) is 0 Å². The number of nitrogens with one attached hydrogen (secondary N) is 1. The lowest BCUT2D eigenvalue weighted by atomic mass is 10.0. The third-order valence-electron chi connectivity index (χ3n) is 3.28. The van der Waals surface area contributed by atoms with Crippen LogP contribution in [0.15, 0.2) is 54.7 Å². The molecule has 0 amide bonds. The molecule has 0 saturated heterocycles. The molecule has 5 nitrogen and oxygen atoms in total. The predicted octanol–water partition coefficient (Wildman–Crippen LogP) is 3.31. The molecule has 24 heavy (non-hydrogen) atoms. The summed E-state index contributed by atoms with van der Waals surface area (Å²) in [7, 11) is 0. The van der Waals surface area contributed by atoms with Crippen molar-refractivity contribution in [1.29, 1.82) is 0 Å². The Morgan fingerprint density at radius 3 is 2.33 bits per heavy atom. The van der Waals surface area contributed by atoms with E-state index in [4.69, 9.17) is 5.73 Å². The Hall–Kier alpha value is -3.35. The van der Waals surface area contributed by atoms with E-state index in [9.17, 15) is 13.6 Å². The Kier molecular flexibility index (Phi) is 4.15. The maximum Gasteiger partial charge on any atom is 0.202 e. The van der Waals surface area contributed by atoms with Crippen LogP contribution in [0, 0.1) is 11.6 Å². The summed E-state index contributed by atoms with van der Waals surface area (Å²) in [6.07, 6.45) is 1.60. The van der Waals surface area contributed by atoms with Crippen molar-refractivity contribution >= 4 is 23.2 Å². The van der Waals surface area contributed by atoms with Crippen LogP contribution in [0.1, 0.15) is 15.9 Å². The number of halogens is 2. The zero-order chi connectivity index (χ0) is 17.1. The molecule has 0 saturated carbocycles. The number of carbonyl (C=O) groups excluding carboxylic acids is 1. The molecule has 3 N–H and O–H groups in total. The maximum atomic E-state index is 13.7. The highest BCUT2D eigenvalue weighted by Gasteiger charge is 2.21. The highest BCUT2D eigenvalue weighted by Crippen LogP contribution is 2.22. The third kappa shape index (κ3) is 3.05. The number of nitrogens with zero attached hydrogens (tertiary/aromatic N) is 2. The molecular formula is C17H12F2N4O. The van der Waals surface area contributed by atoms with Crippen molar-refractivity contribution in [3.63, 3.8) is 0 Å². The van der Waals surface area contributed by atoms with Gasteiger partial charge in [0.1, 0.15) is 29.1 Å². The SMILES string of the molecule is Nc1nc(Nc2ccccn2)ccc1C(=O)c1c(F)cccc1F.